The summed E-state index contributed by atoms with van der Waals surface area (Å²) in [4.78, 5) is 0. The standard InChI is InChI=1S/C8H16OS/c1-10-8(9)7-5-3-2-4-6-7/h7-9H,2-6H2,1H3. The molecule has 0 radical (unpaired) electrons. The van der Waals surface area contributed by atoms with E-state index in [1.165, 1.54) is 32.1 Å². The van der Waals surface area contributed by atoms with Crippen molar-refractivity contribution in [2.45, 2.75) is 37.5 Å². The summed E-state index contributed by atoms with van der Waals surface area (Å²) in [5.41, 5.74) is -0.0969. The summed E-state index contributed by atoms with van der Waals surface area (Å²) >= 11 is 1.59. The van der Waals surface area contributed by atoms with E-state index in [-0.39, 0.29) is 5.44 Å². The van der Waals surface area contributed by atoms with Gasteiger partial charge in [0.2, 0.25) is 0 Å². The van der Waals surface area contributed by atoms with E-state index < -0.39 is 0 Å². The van der Waals surface area contributed by atoms with Gasteiger partial charge in [-0.1, -0.05) is 19.3 Å². The highest BCUT2D eigenvalue weighted by molar-refractivity contribution is 7.99. The highest BCUT2D eigenvalue weighted by Gasteiger charge is 2.20. The van der Waals surface area contributed by atoms with E-state index in [2.05, 4.69) is 0 Å². The second-order valence-corrected chi connectivity index (χ2v) is 3.98. The van der Waals surface area contributed by atoms with Crippen LogP contribution in [0.25, 0.3) is 0 Å². The first-order valence-corrected chi connectivity index (χ1v) is 5.34. The summed E-state index contributed by atoms with van der Waals surface area (Å²) in [6.45, 7) is 0. The molecule has 0 aromatic heterocycles. The van der Waals surface area contributed by atoms with Crippen LogP contribution in [0.4, 0.5) is 0 Å². The SMILES string of the molecule is CSC(O)C1CCCCC1. The molecule has 1 fully saturated rings. The van der Waals surface area contributed by atoms with Crippen LogP contribution >= 0.6 is 11.8 Å². The fourth-order valence-corrected chi connectivity index (χ4v) is 2.27. The second kappa shape index (κ2) is 4.24. The zero-order valence-corrected chi connectivity index (χ0v) is 7.36. The first-order chi connectivity index (χ1) is 4.84. The first kappa shape index (κ1) is 8.41. The molecule has 1 rings (SSSR count). The van der Waals surface area contributed by atoms with Gasteiger partial charge < -0.3 is 5.11 Å². The number of hydrogen-bond donors (Lipinski definition) is 1. The average molecular weight is 160 g/mol. The van der Waals surface area contributed by atoms with E-state index in [0.717, 1.165) is 0 Å². The Morgan fingerprint density at radius 1 is 1.30 bits per heavy atom. The molecule has 0 bridgehead atoms. The van der Waals surface area contributed by atoms with Crippen molar-refractivity contribution in [3.8, 4) is 0 Å². The molecule has 60 valence electrons. The Bertz CT molecular complexity index is 89.3. The Labute approximate surface area is 67.2 Å². The highest BCUT2D eigenvalue weighted by Crippen LogP contribution is 2.29. The predicted octanol–water partition coefficient (Wildman–Crippen LogP) is 2.25. The first-order valence-electron chi connectivity index (χ1n) is 4.05. The molecular weight excluding hydrogens is 144 g/mol. The minimum Gasteiger partial charge on any atom is -0.382 e. The molecule has 0 aromatic carbocycles. The minimum atomic E-state index is -0.0969. The molecular formula is C8H16OS. The number of rotatable bonds is 2. The Morgan fingerprint density at radius 3 is 2.40 bits per heavy atom. The zero-order chi connectivity index (χ0) is 7.40. The van der Waals surface area contributed by atoms with Crippen molar-refractivity contribution >= 4 is 11.8 Å². The third-order valence-corrected chi connectivity index (χ3v) is 3.16. The van der Waals surface area contributed by atoms with Crippen molar-refractivity contribution in [1.29, 1.82) is 0 Å². The molecule has 1 unspecified atom stereocenters. The van der Waals surface area contributed by atoms with E-state index in [1.54, 1.807) is 11.8 Å². The molecule has 10 heavy (non-hydrogen) atoms. The highest BCUT2D eigenvalue weighted by atomic mass is 32.2. The maximum absolute atomic E-state index is 9.45. The van der Waals surface area contributed by atoms with Crippen molar-refractivity contribution in [3.63, 3.8) is 0 Å². The Balaban J connectivity index is 2.24. The van der Waals surface area contributed by atoms with Crippen LogP contribution in [0, 0.1) is 5.92 Å². The van der Waals surface area contributed by atoms with Gasteiger partial charge in [0.25, 0.3) is 0 Å². The summed E-state index contributed by atoms with van der Waals surface area (Å²) in [5.74, 6) is 0.587. The smallest absolute Gasteiger partial charge is 0.102 e. The van der Waals surface area contributed by atoms with Crippen LogP contribution in [-0.2, 0) is 0 Å². The average Bonchev–Trinajstić information content (AvgIpc) is 2.05. The monoisotopic (exact) mass is 160 g/mol. The maximum Gasteiger partial charge on any atom is 0.102 e. The largest absolute Gasteiger partial charge is 0.382 e. The molecule has 1 nitrogen and oxygen atoms in total. The van der Waals surface area contributed by atoms with E-state index >= 15 is 0 Å². The van der Waals surface area contributed by atoms with Gasteiger partial charge in [0, 0.05) is 0 Å². The quantitative estimate of drug-likeness (QED) is 0.625. The van der Waals surface area contributed by atoms with Gasteiger partial charge >= 0.3 is 0 Å². The third-order valence-electron chi connectivity index (χ3n) is 2.29. The molecule has 1 N–H and O–H groups in total. The third kappa shape index (κ3) is 2.17. The van der Waals surface area contributed by atoms with Gasteiger partial charge in [-0.3, -0.25) is 0 Å². The summed E-state index contributed by atoms with van der Waals surface area (Å²) < 4.78 is 0. The molecule has 1 atom stereocenters. The summed E-state index contributed by atoms with van der Waals surface area (Å²) in [5, 5.41) is 9.45. The van der Waals surface area contributed by atoms with E-state index in [4.69, 9.17) is 0 Å². The molecule has 0 aromatic rings. The zero-order valence-electron chi connectivity index (χ0n) is 6.55. The number of hydrogen-bond acceptors (Lipinski definition) is 2. The van der Waals surface area contributed by atoms with Crippen molar-refractivity contribution in [2.75, 3.05) is 6.26 Å². The lowest BCUT2D eigenvalue weighted by atomic mass is 9.90. The number of aliphatic hydroxyl groups is 1. The van der Waals surface area contributed by atoms with Crippen molar-refractivity contribution in [3.05, 3.63) is 0 Å². The predicted molar refractivity (Wildman–Crippen MR) is 46.1 cm³/mol. The molecule has 1 aliphatic carbocycles. The van der Waals surface area contributed by atoms with Crippen molar-refractivity contribution in [1.82, 2.24) is 0 Å². The fraction of sp³-hybridized carbons (Fsp3) is 1.00. The summed E-state index contributed by atoms with van der Waals surface area (Å²) in [6.07, 6.45) is 8.48. The molecule has 2 heteroatoms. The Morgan fingerprint density at radius 2 is 1.90 bits per heavy atom. The van der Waals surface area contributed by atoms with E-state index in [9.17, 15) is 5.11 Å². The molecule has 1 saturated carbocycles. The van der Waals surface area contributed by atoms with Crippen LogP contribution in [0.1, 0.15) is 32.1 Å². The molecule has 0 saturated heterocycles. The second-order valence-electron chi connectivity index (χ2n) is 3.02. The number of aliphatic hydroxyl groups excluding tert-OH is 1. The van der Waals surface area contributed by atoms with Crippen LogP contribution < -0.4 is 0 Å². The molecule has 0 amide bonds. The van der Waals surface area contributed by atoms with Gasteiger partial charge in [0.05, 0.1) is 0 Å². The van der Waals surface area contributed by atoms with Gasteiger partial charge in [-0.25, -0.2) is 0 Å². The van der Waals surface area contributed by atoms with Gasteiger partial charge in [0.15, 0.2) is 0 Å². The van der Waals surface area contributed by atoms with Gasteiger partial charge in [0.1, 0.15) is 5.44 Å². The Hall–Kier alpha value is 0.310. The topological polar surface area (TPSA) is 20.2 Å². The number of thioether (sulfide) groups is 1. The molecule has 1 aliphatic rings. The lowest BCUT2D eigenvalue weighted by molar-refractivity contribution is 0.160. The normalized spacial score (nSPS) is 24.6. The van der Waals surface area contributed by atoms with E-state index in [1.807, 2.05) is 6.26 Å². The lowest BCUT2D eigenvalue weighted by Crippen LogP contribution is -2.19. The summed E-state index contributed by atoms with van der Waals surface area (Å²) in [6, 6.07) is 0. The maximum atomic E-state index is 9.45. The molecule has 0 aliphatic heterocycles. The van der Waals surface area contributed by atoms with Crippen LogP contribution in [0.2, 0.25) is 0 Å². The minimum absolute atomic E-state index is 0.0969. The van der Waals surface area contributed by atoms with Crippen LogP contribution in [-0.4, -0.2) is 16.8 Å². The van der Waals surface area contributed by atoms with Crippen LogP contribution in [0.5, 0.6) is 0 Å². The van der Waals surface area contributed by atoms with Gasteiger partial charge in [-0.15, -0.1) is 11.8 Å². The van der Waals surface area contributed by atoms with Gasteiger partial charge in [-0.2, -0.15) is 0 Å². The van der Waals surface area contributed by atoms with Crippen molar-refractivity contribution in [2.24, 2.45) is 5.92 Å². The summed E-state index contributed by atoms with van der Waals surface area (Å²) in [7, 11) is 0. The van der Waals surface area contributed by atoms with Gasteiger partial charge in [-0.05, 0) is 25.0 Å². The molecule has 0 heterocycles. The fourth-order valence-electron chi connectivity index (χ4n) is 1.61. The molecule has 0 spiro atoms. The van der Waals surface area contributed by atoms with Crippen molar-refractivity contribution < 1.29 is 5.11 Å². The van der Waals surface area contributed by atoms with Crippen LogP contribution in [0.3, 0.4) is 0 Å². The van der Waals surface area contributed by atoms with Crippen LogP contribution in [0.15, 0.2) is 0 Å². The van der Waals surface area contributed by atoms with E-state index in [0.29, 0.717) is 5.92 Å². The lowest BCUT2D eigenvalue weighted by Gasteiger charge is -2.24. The Kier molecular flexibility index (Phi) is 3.57.